The van der Waals surface area contributed by atoms with Crippen molar-refractivity contribution < 1.29 is 0 Å². The predicted molar refractivity (Wildman–Crippen MR) is 53.0 cm³/mol. The fourth-order valence-electron chi connectivity index (χ4n) is 0.661. The fraction of sp³-hybridized carbons (Fsp3) is 0.400. The van der Waals surface area contributed by atoms with Crippen molar-refractivity contribution in [1.29, 1.82) is 0 Å². The van der Waals surface area contributed by atoms with Gasteiger partial charge in [0, 0.05) is 0 Å². The highest BCUT2D eigenvalue weighted by molar-refractivity contribution is 6.22. The lowest BCUT2D eigenvalue weighted by Gasteiger charge is -2.07. The average Bonchev–Trinajstić information content (AvgIpc) is 1.99. The fourth-order valence-corrected chi connectivity index (χ4v) is 0.770. The normalized spacial score (nSPS) is 12.2. The van der Waals surface area contributed by atoms with Gasteiger partial charge in [0.05, 0.1) is 5.38 Å². The van der Waals surface area contributed by atoms with Crippen LogP contribution < -0.4 is 0 Å². The summed E-state index contributed by atoms with van der Waals surface area (Å²) in [5, 5.41) is 0.0756. The smallest absolute Gasteiger partial charge is 0.0543 e. The molecule has 11 heavy (non-hydrogen) atoms. The van der Waals surface area contributed by atoms with Crippen LogP contribution in [0, 0.1) is 0 Å². The number of allylic oxidation sites excluding steroid dienone is 3. The molecule has 0 amide bonds. The van der Waals surface area contributed by atoms with Crippen LogP contribution in [0.3, 0.4) is 0 Å². The number of hydrogen-bond donors (Lipinski definition) is 0. The van der Waals surface area contributed by atoms with Gasteiger partial charge in [0.1, 0.15) is 0 Å². The second-order valence-corrected chi connectivity index (χ2v) is 3.24. The highest BCUT2D eigenvalue weighted by Crippen LogP contribution is 2.16. The van der Waals surface area contributed by atoms with E-state index >= 15 is 0 Å². The zero-order valence-corrected chi connectivity index (χ0v) is 7.82. The van der Waals surface area contributed by atoms with Crippen LogP contribution in [0.2, 0.25) is 0 Å². The van der Waals surface area contributed by atoms with Crippen molar-refractivity contribution in [3.05, 3.63) is 37.0 Å². The van der Waals surface area contributed by atoms with Crippen LogP contribution in [0.4, 0.5) is 0 Å². The minimum atomic E-state index is 0.0756. The highest BCUT2D eigenvalue weighted by Gasteiger charge is 2.03. The van der Waals surface area contributed by atoms with E-state index < -0.39 is 0 Å². The zero-order chi connectivity index (χ0) is 8.85. The molecular weight excluding hydrogens is 156 g/mol. The molecule has 1 heteroatoms. The lowest BCUT2D eigenvalue weighted by atomic mass is 10.1. The van der Waals surface area contributed by atoms with Gasteiger partial charge >= 0.3 is 0 Å². The summed E-state index contributed by atoms with van der Waals surface area (Å²) in [4.78, 5) is 0. The van der Waals surface area contributed by atoms with E-state index in [0.717, 1.165) is 24.0 Å². The van der Waals surface area contributed by atoms with Gasteiger partial charge in [-0.2, -0.15) is 0 Å². The van der Waals surface area contributed by atoms with Crippen LogP contribution in [0.5, 0.6) is 0 Å². The predicted octanol–water partition coefficient (Wildman–Crippen LogP) is 3.69. The number of hydrogen-bond acceptors (Lipinski definition) is 0. The first-order chi connectivity index (χ1) is 5.07. The van der Waals surface area contributed by atoms with Gasteiger partial charge in [0.25, 0.3) is 0 Å². The molecule has 1 atom stereocenters. The van der Waals surface area contributed by atoms with Gasteiger partial charge in [-0.05, 0) is 19.8 Å². The Morgan fingerprint density at radius 3 is 2.45 bits per heavy atom. The van der Waals surface area contributed by atoms with Crippen LogP contribution in [0.25, 0.3) is 0 Å². The quantitative estimate of drug-likeness (QED) is 0.335. The number of alkyl halides is 1. The molecule has 0 heterocycles. The van der Waals surface area contributed by atoms with Crippen molar-refractivity contribution in [2.45, 2.75) is 25.1 Å². The summed E-state index contributed by atoms with van der Waals surface area (Å²) in [6.07, 6.45) is 3.58. The van der Waals surface area contributed by atoms with Gasteiger partial charge in [-0.3, -0.25) is 0 Å². The standard InChI is InChI=1S/C10H15Cl/c1-5-9(4)6-7-10(11)8(2)3/h5,10H,1-2,4,6-7H2,3H3. The molecule has 0 aromatic heterocycles. The Morgan fingerprint density at radius 2 is 2.09 bits per heavy atom. The molecule has 0 saturated heterocycles. The van der Waals surface area contributed by atoms with E-state index in [-0.39, 0.29) is 5.38 Å². The van der Waals surface area contributed by atoms with Gasteiger partial charge in [0.2, 0.25) is 0 Å². The Morgan fingerprint density at radius 1 is 1.55 bits per heavy atom. The summed E-state index contributed by atoms with van der Waals surface area (Å²) in [7, 11) is 0. The van der Waals surface area contributed by atoms with E-state index in [1.165, 1.54) is 0 Å². The first-order valence-corrected chi connectivity index (χ1v) is 4.11. The van der Waals surface area contributed by atoms with E-state index in [9.17, 15) is 0 Å². The third-order valence-electron chi connectivity index (χ3n) is 1.54. The zero-order valence-electron chi connectivity index (χ0n) is 7.07. The van der Waals surface area contributed by atoms with Crippen molar-refractivity contribution in [3.63, 3.8) is 0 Å². The van der Waals surface area contributed by atoms with Crippen molar-refractivity contribution in [2.75, 3.05) is 0 Å². The van der Waals surface area contributed by atoms with Crippen molar-refractivity contribution in [1.82, 2.24) is 0 Å². The monoisotopic (exact) mass is 170 g/mol. The molecule has 0 bridgehead atoms. The summed E-state index contributed by atoms with van der Waals surface area (Å²) in [6, 6.07) is 0. The Hall–Kier alpha value is -0.490. The first kappa shape index (κ1) is 10.5. The highest BCUT2D eigenvalue weighted by atomic mass is 35.5. The van der Waals surface area contributed by atoms with Gasteiger partial charge in [-0.1, -0.05) is 37.0 Å². The van der Waals surface area contributed by atoms with Gasteiger partial charge in [-0.25, -0.2) is 0 Å². The summed E-state index contributed by atoms with van der Waals surface area (Å²) in [5.74, 6) is 0. The first-order valence-electron chi connectivity index (χ1n) is 3.67. The summed E-state index contributed by atoms with van der Waals surface area (Å²) >= 11 is 5.94. The van der Waals surface area contributed by atoms with Crippen molar-refractivity contribution >= 4 is 11.6 Å². The minimum Gasteiger partial charge on any atom is -0.118 e. The van der Waals surface area contributed by atoms with Crippen molar-refractivity contribution in [2.24, 2.45) is 0 Å². The van der Waals surface area contributed by atoms with E-state index in [4.69, 9.17) is 11.6 Å². The molecule has 1 unspecified atom stereocenters. The summed E-state index contributed by atoms with van der Waals surface area (Å²) < 4.78 is 0. The second-order valence-electron chi connectivity index (χ2n) is 2.71. The number of halogens is 1. The molecule has 62 valence electrons. The molecule has 0 saturated carbocycles. The molecule has 0 aliphatic rings. The summed E-state index contributed by atoms with van der Waals surface area (Å²) in [6.45, 7) is 13.1. The Labute approximate surface area is 74.3 Å². The summed E-state index contributed by atoms with van der Waals surface area (Å²) in [5.41, 5.74) is 2.06. The molecule has 0 aromatic carbocycles. The molecule has 0 N–H and O–H groups in total. The Kier molecular flexibility index (Phi) is 4.97. The van der Waals surface area contributed by atoms with E-state index in [0.29, 0.717) is 0 Å². The maximum atomic E-state index is 5.94. The number of rotatable bonds is 5. The van der Waals surface area contributed by atoms with E-state index in [2.05, 4.69) is 19.7 Å². The maximum absolute atomic E-state index is 5.94. The largest absolute Gasteiger partial charge is 0.118 e. The SMILES string of the molecule is C=CC(=C)CCC(Cl)C(=C)C. The minimum absolute atomic E-state index is 0.0756. The van der Waals surface area contributed by atoms with Crippen LogP contribution in [0.15, 0.2) is 37.0 Å². The van der Waals surface area contributed by atoms with Crippen LogP contribution in [-0.4, -0.2) is 5.38 Å². The average molecular weight is 171 g/mol. The van der Waals surface area contributed by atoms with E-state index in [1.54, 1.807) is 6.08 Å². The molecule has 0 aromatic rings. The lowest BCUT2D eigenvalue weighted by Crippen LogP contribution is -1.98. The molecule has 0 radical (unpaired) electrons. The molecule has 0 spiro atoms. The Balaban J connectivity index is 3.62. The van der Waals surface area contributed by atoms with Gasteiger partial charge in [0.15, 0.2) is 0 Å². The third kappa shape index (κ3) is 4.86. The molecule has 0 fully saturated rings. The molecular formula is C10H15Cl. The molecule has 0 aliphatic heterocycles. The third-order valence-corrected chi connectivity index (χ3v) is 2.13. The van der Waals surface area contributed by atoms with Gasteiger partial charge < -0.3 is 0 Å². The van der Waals surface area contributed by atoms with E-state index in [1.807, 2.05) is 6.92 Å². The van der Waals surface area contributed by atoms with Crippen LogP contribution in [-0.2, 0) is 0 Å². The molecule has 0 nitrogen and oxygen atoms in total. The lowest BCUT2D eigenvalue weighted by molar-refractivity contribution is 0.826. The van der Waals surface area contributed by atoms with Crippen LogP contribution >= 0.6 is 11.6 Å². The second kappa shape index (κ2) is 5.20. The topological polar surface area (TPSA) is 0 Å². The molecule has 0 aliphatic carbocycles. The Bertz CT molecular complexity index is 168. The maximum Gasteiger partial charge on any atom is 0.0543 e. The van der Waals surface area contributed by atoms with Crippen molar-refractivity contribution in [3.8, 4) is 0 Å². The van der Waals surface area contributed by atoms with Gasteiger partial charge in [-0.15, -0.1) is 11.6 Å². The van der Waals surface area contributed by atoms with Crippen LogP contribution in [0.1, 0.15) is 19.8 Å². The molecule has 0 rings (SSSR count).